The third kappa shape index (κ3) is 8.38. The highest BCUT2D eigenvalue weighted by Crippen LogP contribution is 2.15. The van der Waals surface area contributed by atoms with E-state index in [2.05, 4.69) is 5.32 Å². The number of hydrogen-bond acceptors (Lipinski definition) is 6. The standard InChI is InChI=1S/C19H31N3O6S/c1-15(19(24)20-11-6-12-27-3)22(18(23)14-21(2)29(5,25)26)13-16-7-9-17(28-4)10-8-16/h7-10,15H,6,11-14H2,1-5H3,(H,20,24)/t15-/m1/s1. The summed E-state index contributed by atoms with van der Waals surface area (Å²) in [5.74, 6) is -0.106. The minimum atomic E-state index is -3.52. The number of methoxy groups -OCH3 is 2. The molecule has 9 nitrogen and oxygen atoms in total. The van der Waals surface area contributed by atoms with Gasteiger partial charge in [-0.1, -0.05) is 12.1 Å². The van der Waals surface area contributed by atoms with Crippen LogP contribution in [0.1, 0.15) is 18.9 Å². The normalized spacial score (nSPS) is 12.5. The van der Waals surface area contributed by atoms with E-state index in [1.165, 1.54) is 11.9 Å². The number of sulfonamides is 1. The summed E-state index contributed by atoms with van der Waals surface area (Å²) in [6.45, 7) is 2.37. The van der Waals surface area contributed by atoms with Gasteiger partial charge in [-0.3, -0.25) is 9.59 Å². The Labute approximate surface area is 173 Å². The van der Waals surface area contributed by atoms with Crippen LogP contribution in [0, 0.1) is 0 Å². The van der Waals surface area contributed by atoms with Crippen LogP contribution in [0.15, 0.2) is 24.3 Å². The molecular weight excluding hydrogens is 398 g/mol. The van der Waals surface area contributed by atoms with Crippen LogP contribution >= 0.6 is 0 Å². The largest absolute Gasteiger partial charge is 0.497 e. The summed E-state index contributed by atoms with van der Waals surface area (Å²) in [6.07, 6.45) is 1.68. The highest BCUT2D eigenvalue weighted by Gasteiger charge is 2.28. The predicted octanol–water partition coefficient (Wildman–Crippen LogP) is 0.456. The van der Waals surface area contributed by atoms with Crippen LogP contribution < -0.4 is 10.1 Å². The zero-order valence-electron chi connectivity index (χ0n) is 17.7. The Balaban J connectivity index is 2.96. The molecule has 29 heavy (non-hydrogen) atoms. The van der Waals surface area contributed by atoms with Gasteiger partial charge in [0.05, 0.1) is 19.9 Å². The van der Waals surface area contributed by atoms with E-state index in [-0.39, 0.29) is 19.0 Å². The summed E-state index contributed by atoms with van der Waals surface area (Å²) in [5, 5.41) is 2.78. The van der Waals surface area contributed by atoms with Crippen molar-refractivity contribution in [2.75, 3.05) is 47.2 Å². The number of carbonyl (C=O) groups is 2. The molecule has 1 rings (SSSR count). The Morgan fingerprint density at radius 3 is 2.31 bits per heavy atom. The first kappa shape index (κ1) is 24.9. The molecule has 0 aromatic heterocycles. The van der Waals surface area contributed by atoms with Crippen molar-refractivity contribution in [2.45, 2.75) is 25.9 Å². The summed E-state index contributed by atoms with van der Waals surface area (Å²) in [7, 11) is 0.942. The van der Waals surface area contributed by atoms with Gasteiger partial charge in [0.25, 0.3) is 0 Å². The first-order valence-corrected chi connectivity index (χ1v) is 11.0. The monoisotopic (exact) mass is 429 g/mol. The second-order valence-corrected chi connectivity index (χ2v) is 8.79. The van der Waals surface area contributed by atoms with Crippen LogP contribution in [0.2, 0.25) is 0 Å². The van der Waals surface area contributed by atoms with E-state index in [1.54, 1.807) is 45.4 Å². The van der Waals surface area contributed by atoms with Gasteiger partial charge in [0.15, 0.2) is 0 Å². The molecule has 2 amide bonds. The molecule has 0 spiro atoms. The van der Waals surface area contributed by atoms with Gasteiger partial charge in [0.1, 0.15) is 11.8 Å². The summed E-state index contributed by atoms with van der Waals surface area (Å²) >= 11 is 0. The lowest BCUT2D eigenvalue weighted by Gasteiger charge is -2.30. The highest BCUT2D eigenvalue weighted by atomic mass is 32.2. The second-order valence-electron chi connectivity index (χ2n) is 6.70. The fourth-order valence-electron chi connectivity index (χ4n) is 2.48. The van der Waals surface area contributed by atoms with Gasteiger partial charge in [-0.15, -0.1) is 0 Å². The number of rotatable bonds is 12. The molecule has 0 saturated carbocycles. The SMILES string of the molecule is COCCCNC(=O)[C@@H](C)N(Cc1ccc(OC)cc1)C(=O)CN(C)S(C)(=O)=O. The first-order valence-electron chi connectivity index (χ1n) is 9.20. The van der Waals surface area contributed by atoms with E-state index in [1.807, 2.05) is 0 Å². The highest BCUT2D eigenvalue weighted by molar-refractivity contribution is 7.88. The van der Waals surface area contributed by atoms with Gasteiger partial charge in [-0.05, 0) is 31.0 Å². The smallest absolute Gasteiger partial charge is 0.242 e. The van der Waals surface area contributed by atoms with Crippen molar-refractivity contribution in [3.05, 3.63) is 29.8 Å². The summed E-state index contributed by atoms with van der Waals surface area (Å²) in [4.78, 5) is 26.7. The molecule has 0 unspecified atom stereocenters. The lowest BCUT2D eigenvalue weighted by atomic mass is 10.1. The Morgan fingerprint density at radius 2 is 1.79 bits per heavy atom. The molecule has 164 valence electrons. The van der Waals surface area contributed by atoms with Gasteiger partial charge < -0.3 is 19.7 Å². The third-order valence-corrected chi connectivity index (χ3v) is 5.69. The molecule has 0 fully saturated rings. The molecule has 0 aliphatic carbocycles. The van der Waals surface area contributed by atoms with E-state index in [9.17, 15) is 18.0 Å². The molecule has 1 N–H and O–H groups in total. The van der Waals surface area contributed by atoms with Gasteiger partial charge >= 0.3 is 0 Å². The number of amides is 2. The molecular formula is C19H31N3O6S. The van der Waals surface area contributed by atoms with Crippen molar-refractivity contribution in [3.63, 3.8) is 0 Å². The van der Waals surface area contributed by atoms with Crippen LogP contribution in [0.4, 0.5) is 0 Å². The zero-order valence-corrected chi connectivity index (χ0v) is 18.5. The number of nitrogens with zero attached hydrogens (tertiary/aromatic N) is 2. The molecule has 0 saturated heterocycles. The molecule has 1 aromatic carbocycles. The molecule has 0 bridgehead atoms. The number of hydrogen-bond donors (Lipinski definition) is 1. The van der Waals surface area contributed by atoms with Crippen LogP contribution in [0.3, 0.4) is 0 Å². The van der Waals surface area contributed by atoms with E-state index >= 15 is 0 Å². The fourth-order valence-corrected chi connectivity index (χ4v) is 2.83. The fraction of sp³-hybridized carbons (Fsp3) is 0.579. The first-order chi connectivity index (χ1) is 13.6. The van der Waals surface area contributed by atoms with Crippen molar-refractivity contribution in [1.29, 1.82) is 0 Å². The third-order valence-electron chi connectivity index (χ3n) is 4.43. The average Bonchev–Trinajstić information content (AvgIpc) is 2.68. The maximum absolute atomic E-state index is 12.8. The quantitative estimate of drug-likeness (QED) is 0.484. The number of nitrogens with one attached hydrogen (secondary N) is 1. The molecule has 0 aliphatic rings. The molecule has 0 heterocycles. The van der Waals surface area contributed by atoms with Crippen LogP contribution in [-0.2, 0) is 30.9 Å². The lowest BCUT2D eigenvalue weighted by molar-refractivity contribution is -0.140. The van der Waals surface area contributed by atoms with Crippen LogP contribution in [0.5, 0.6) is 5.75 Å². The van der Waals surface area contributed by atoms with E-state index in [0.717, 1.165) is 16.1 Å². The van der Waals surface area contributed by atoms with E-state index in [4.69, 9.17) is 9.47 Å². The van der Waals surface area contributed by atoms with Crippen LogP contribution in [0.25, 0.3) is 0 Å². The summed E-state index contributed by atoms with van der Waals surface area (Å²) in [6, 6.07) is 6.33. The number of carbonyl (C=O) groups excluding carboxylic acids is 2. The van der Waals surface area contributed by atoms with E-state index in [0.29, 0.717) is 25.3 Å². The molecule has 10 heteroatoms. The van der Waals surface area contributed by atoms with Crippen molar-refractivity contribution in [3.8, 4) is 5.75 Å². The van der Waals surface area contributed by atoms with Crippen molar-refractivity contribution < 1.29 is 27.5 Å². The number of ether oxygens (including phenoxy) is 2. The van der Waals surface area contributed by atoms with Gasteiger partial charge in [-0.25, -0.2) is 8.42 Å². The van der Waals surface area contributed by atoms with E-state index < -0.39 is 22.0 Å². The Hall–Kier alpha value is -2.17. The Bertz CT molecular complexity index is 767. The van der Waals surface area contributed by atoms with Gasteiger partial charge in [-0.2, -0.15) is 4.31 Å². The van der Waals surface area contributed by atoms with Crippen molar-refractivity contribution in [2.24, 2.45) is 0 Å². The average molecular weight is 430 g/mol. The zero-order chi connectivity index (χ0) is 22.0. The topological polar surface area (TPSA) is 105 Å². The molecule has 0 radical (unpaired) electrons. The Kier molecular flexibility index (Phi) is 10.1. The number of benzene rings is 1. The minimum absolute atomic E-state index is 0.160. The molecule has 0 aliphatic heterocycles. The Morgan fingerprint density at radius 1 is 1.17 bits per heavy atom. The lowest BCUT2D eigenvalue weighted by Crippen LogP contribution is -2.50. The maximum Gasteiger partial charge on any atom is 0.242 e. The van der Waals surface area contributed by atoms with Gasteiger partial charge in [0.2, 0.25) is 21.8 Å². The second kappa shape index (κ2) is 11.7. The molecule has 1 aromatic rings. The van der Waals surface area contributed by atoms with Crippen LogP contribution in [-0.4, -0.2) is 82.7 Å². The maximum atomic E-state index is 12.8. The van der Waals surface area contributed by atoms with Gasteiger partial charge in [0, 0.05) is 33.9 Å². The minimum Gasteiger partial charge on any atom is -0.497 e. The van der Waals surface area contributed by atoms with Crippen molar-refractivity contribution >= 4 is 21.8 Å². The van der Waals surface area contributed by atoms with Crippen molar-refractivity contribution in [1.82, 2.24) is 14.5 Å². The predicted molar refractivity (Wildman–Crippen MR) is 110 cm³/mol. The summed E-state index contributed by atoms with van der Waals surface area (Å²) in [5.41, 5.74) is 0.792. The number of likely N-dealkylation sites (N-methyl/N-ethyl adjacent to an activating group) is 1. The molecule has 1 atom stereocenters. The summed E-state index contributed by atoms with van der Waals surface area (Å²) < 4.78 is 34.4.